The molecule has 0 aromatic heterocycles. The monoisotopic (exact) mass is 167 g/mol. The summed E-state index contributed by atoms with van der Waals surface area (Å²) >= 11 is 0. The van der Waals surface area contributed by atoms with E-state index in [0.29, 0.717) is 0 Å². The van der Waals surface area contributed by atoms with Crippen molar-refractivity contribution in [2.75, 3.05) is 13.3 Å². The summed E-state index contributed by atoms with van der Waals surface area (Å²) in [6.07, 6.45) is 1.27. The summed E-state index contributed by atoms with van der Waals surface area (Å²) in [5, 5.41) is 0. The number of hydrogen-bond donors (Lipinski definition) is 1. The molecule has 0 aliphatic rings. The Hall–Kier alpha value is 0.127. The van der Waals surface area contributed by atoms with Crippen LogP contribution in [0.3, 0.4) is 0 Å². The molecule has 0 aliphatic carbocycles. The van der Waals surface area contributed by atoms with Crippen molar-refractivity contribution in [2.45, 2.75) is 13.1 Å². The second kappa shape index (κ2) is 2.40. The maximum Gasteiger partial charge on any atom is 0.258 e. The summed E-state index contributed by atoms with van der Waals surface area (Å²) < 4.78 is 21.8. The van der Waals surface area contributed by atoms with Gasteiger partial charge in [-0.2, -0.15) is 0 Å². The van der Waals surface area contributed by atoms with Gasteiger partial charge in [0.25, 0.3) is 7.38 Å². The quantitative estimate of drug-likeness (QED) is 0.587. The summed E-state index contributed by atoms with van der Waals surface area (Å²) in [5.74, 6) is 0. The Morgan fingerprint density at radius 2 is 1.67 bits per heavy atom. The maximum atomic E-state index is 10.9. The second-order valence-electron chi connectivity index (χ2n) is 2.53. The molecule has 3 nitrogen and oxygen atoms in total. The van der Waals surface area contributed by atoms with E-state index >= 15 is 0 Å². The van der Waals surface area contributed by atoms with E-state index in [0.717, 1.165) is 0 Å². The highest BCUT2D eigenvalue weighted by molar-refractivity contribution is 8.21. The predicted octanol–water partition coefficient (Wildman–Crippen LogP) is -0.0478. The Labute approximate surface area is 57.1 Å². The highest BCUT2D eigenvalue weighted by Gasteiger charge is 2.31. The fraction of sp³-hybridized carbons (Fsp3) is 1.00. The molecule has 0 bridgehead atoms. The fourth-order valence-electron chi connectivity index (χ4n) is 0.185. The van der Waals surface area contributed by atoms with Crippen molar-refractivity contribution >= 4 is 16.7 Å². The van der Waals surface area contributed by atoms with Crippen LogP contribution in [0.4, 0.5) is 0 Å². The van der Waals surface area contributed by atoms with Gasteiger partial charge in [0.15, 0.2) is 0 Å². The molecule has 9 heavy (non-hydrogen) atoms. The average molecular weight is 167 g/mol. The molecular weight excluding hydrogens is 154 g/mol. The van der Waals surface area contributed by atoms with E-state index in [1.807, 2.05) is 0 Å². The van der Waals surface area contributed by atoms with Crippen LogP contribution in [0, 0.1) is 0 Å². The summed E-state index contributed by atoms with van der Waals surface area (Å²) in [4.78, 5) is 2.83. The average Bonchev–Trinajstić information content (AvgIpc) is 1.64. The highest BCUT2D eigenvalue weighted by atomic mass is 32.4. The van der Waals surface area contributed by atoms with Gasteiger partial charge >= 0.3 is 0 Å². The molecule has 0 aliphatic heterocycles. The zero-order chi connectivity index (χ0) is 7.71. The third-order valence-corrected chi connectivity index (χ3v) is 10.8. The molecule has 0 rings (SSSR count). The van der Waals surface area contributed by atoms with Gasteiger partial charge in [0.05, 0.1) is 0 Å². The van der Waals surface area contributed by atoms with Gasteiger partial charge in [-0.25, -0.2) is 8.42 Å². The van der Waals surface area contributed by atoms with Crippen LogP contribution < -0.4 is 4.98 Å². The van der Waals surface area contributed by atoms with Gasteiger partial charge in [-0.1, -0.05) is 0 Å². The largest absolute Gasteiger partial charge is 0.328 e. The first kappa shape index (κ1) is 9.13. The first-order valence-corrected chi connectivity index (χ1v) is 8.31. The Kier molecular flexibility index (Phi) is 2.43. The van der Waals surface area contributed by atoms with E-state index in [2.05, 4.69) is 4.98 Å². The Morgan fingerprint density at radius 3 is 1.67 bits per heavy atom. The highest BCUT2D eigenvalue weighted by Crippen LogP contribution is 2.03. The van der Waals surface area contributed by atoms with Crippen LogP contribution in [0.5, 0.6) is 0 Å². The lowest BCUT2D eigenvalue weighted by Crippen LogP contribution is -2.49. The first-order valence-electron chi connectivity index (χ1n) is 2.70. The van der Waals surface area contributed by atoms with E-state index in [-0.39, 0.29) is 0 Å². The first-order chi connectivity index (χ1) is 3.81. The van der Waals surface area contributed by atoms with Crippen LogP contribution in [0.1, 0.15) is 0 Å². The summed E-state index contributed by atoms with van der Waals surface area (Å²) in [5.41, 5.74) is 0. The van der Waals surface area contributed by atoms with Crippen molar-refractivity contribution < 1.29 is 8.42 Å². The molecule has 0 unspecified atom stereocenters. The topological polar surface area (TPSA) is 46.2 Å². The van der Waals surface area contributed by atoms with Crippen LogP contribution >= 0.6 is 0 Å². The lowest BCUT2D eigenvalue weighted by molar-refractivity contribution is 0.611. The molecule has 0 aromatic carbocycles. The second-order valence-corrected chi connectivity index (χ2v) is 12.9. The van der Waals surface area contributed by atoms with Gasteiger partial charge in [0.2, 0.25) is 0 Å². The van der Waals surface area contributed by atoms with Crippen LogP contribution in [0.2, 0.25) is 13.1 Å². The third-order valence-electron chi connectivity index (χ3n) is 1.53. The SMILES string of the molecule is CN[Si](C)(C)S(C)(=O)=O. The van der Waals surface area contributed by atoms with E-state index in [9.17, 15) is 8.42 Å². The lowest BCUT2D eigenvalue weighted by Gasteiger charge is -2.16. The van der Waals surface area contributed by atoms with Gasteiger partial charge < -0.3 is 4.98 Å². The molecule has 1 N–H and O–H groups in total. The summed E-state index contributed by atoms with van der Waals surface area (Å²) in [6, 6.07) is 0. The zero-order valence-electron chi connectivity index (χ0n) is 6.22. The molecular formula is C4H13NO2SSi. The molecule has 0 amide bonds. The maximum absolute atomic E-state index is 10.9. The molecule has 0 saturated carbocycles. The minimum absolute atomic E-state index is 1.27. The molecule has 56 valence electrons. The van der Waals surface area contributed by atoms with Gasteiger partial charge in [-0.15, -0.1) is 0 Å². The van der Waals surface area contributed by atoms with E-state index < -0.39 is 16.7 Å². The van der Waals surface area contributed by atoms with E-state index in [1.54, 1.807) is 20.1 Å². The van der Waals surface area contributed by atoms with Crippen LogP contribution in [-0.2, 0) is 9.29 Å². The van der Waals surface area contributed by atoms with Crippen LogP contribution in [0.25, 0.3) is 0 Å². The minimum Gasteiger partial charge on any atom is -0.328 e. The Morgan fingerprint density at radius 1 is 1.33 bits per heavy atom. The molecule has 5 heteroatoms. The van der Waals surface area contributed by atoms with Crippen LogP contribution in [-0.4, -0.2) is 29.1 Å². The van der Waals surface area contributed by atoms with Gasteiger partial charge in [0, 0.05) is 6.26 Å². The standard InChI is InChI=1S/C4H13NO2SSi/c1-5-9(3,4)8(2,6)7/h5H,1-4H3. The van der Waals surface area contributed by atoms with Crippen molar-refractivity contribution in [3.8, 4) is 0 Å². The predicted molar refractivity (Wildman–Crippen MR) is 41.4 cm³/mol. The molecule has 0 spiro atoms. The molecule has 0 saturated heterocycles. The summed E-state index contributed by atoms with van der Waals surface area (Å²) in [6.45, 7) is 3.53. The smallest absolute Gasteiger partial charge is 0.258 e. The molecule has 0 fully saturated rings. The fourth-order valence-corrected chi connectivity index (χ4v) is 1.67. The Bertz CT molecular complexity index is 185. The zero-order valence-corrected chi connectivity index (χ0v) is 8.04. The van der Waals surface area contributed by atoms with Crippen molar-refractivity contribution in [1.29, 1.82) is 0 Å². The molecule has 0 radical (unpaired) electrons. The van der Waals surface area contributed by atoms with Crippen molar-refractivity contribution in [1.82, 2.24) is 4.98 Å². The van der Waals surface area contributed by atoms with Crippen molar-refractivity contribution in [3.05, 3.63) is 0 Å². The van der Waals surface area contributed by atoms with Crippen LogP contribution in [0.15, 0.2) is 0 Å². The lowest BCUT2D eigenvalue weighted by atomic mass is 11.6. The third kappa shape index (κ3) is 2.07. The number of hydrogen-bond acceptors (Lipinski definition) is 3. The van der Waals surface area contributed by atoms with E-state index in [4.69, 9.17) is 0 Å². The van der Waals surface area contributed by atoms with Gasteiger partial charge in [0.1, 0.15) is 9.29 Å². The number of nitrogens with one attached hydrogen (secondary N) is 1. The summed E-state index contributed by atoms with van der Waals surface area (Å²) in [7, 11) is -3.29. The number of rotatable bonds is 2. The van der Waals surface area contributed by atoms with Gasteiger partial charge in [-0.3, -0.25) is 0 Å². The van der Waals surface area contributed by atoms with E-state index in [1.165, 1.54) is 6.26 Å². The normalized spacial score (nSPS) is 13.8. The Balaban J connectivity index is 4.56. The van der Waals surface area contributed by atoms with Crippen molar-refractivity contribution in [2.24, 2.45) is 0 Å². The van der Waals surface area contributed by atoms with Gasteiger partial charge in [-0.05, 0) is 20.1 Å². The molecule has 0 atom stereocenters. The molecule has 0 aromatic rings. The molecule has 0 heterocycles. The van der Waals surface area contributed by atoms with Crippen molar-refractivity contribution in [3.63, 3.8) is 0 Å². The minimum atomic E-state index is -2.82.